The van der Waals surface area contributed by atoms with Gasteiger partial charge in [-0.15, -0.1) is 0 Å². The molecule has 184 valence electrons. The van der Waals surface area contributed by atoms with Gasteiger partial charge in [0, 0.05) is 32.0 Å². The lowest BCUT2D eigenvalue weighted by molar-refractivity contribution is -0.139. The Morgan fingerprint density at radius 2 is 1.66 bits per heavy atom. The van der Waals surface area contributed by atoms with Crippen LogP contribution in [-0.2, 0) is 14.3 Å². The number of hydrogen-bond donors (Lipinski definition) is 2. The Bertz CT molecular complexity index is 1110. The Morgan fingerprint density at radius 3 is 2.29 bits per heavy atom. The monoisotopic (exact) mass is 476 g/mol. The summed E-state index contributed by atoms with van der Waals surface area (Å²) in [6.07, 6.45) is 0.549. The number of carbonyl (C=O) groups excluding carboxylic acids is 2. The van der Waals surface area contributed by atoms with E-state index in [-0.39, 0.29) is 42.6 Å². The van der Waals surface area contributed by atoms with Gasteiger partial charge in [-0.2, -0.15) is 0 Å². The Labute approximate surface area is 205 Å². The summed E-state index contributed by atoms with van der Waals surface area (Å²) in [7, 11) is 0. The van der Waals surface area contributed by atoms with Crippen molar-refractivity contribution in [3.8, 4) is 11.1 Å². The van der Waals surface area contributed by atoms with Crippen molar-refractivity contribution in [2.75, 3.05) is 26.2 Å². The summed E-state index contributed by atoms with van der Waals surface area (Å²) in [5.41, 5.74) is 4.24. The van der Waals surface area contributed by atoms with E-state index in [1.807, 2.05) is 38.1 Å². The van der Waals surface area contributed by atoms with Crippen LogP contribution in [-0.4, -0.2) is 54.2 Å². The number of hydrogen-bond acceptors (Lipinski definition) is 4. The second-order valence-electron chi connectivity index (χ2n) is 10.8. The summed E-state index contributed by atoms with van der Waals surface area (Å²) in [6.45, 7) is 5.58. The molecule has 2 fully saturated rings. The third kappa shape index (κ3) is 4.64. The van der Waals surface area contributed by atoms with E-state index in [1.165, 1.54) is 11.1 Å². The first-order valence-electron chi connectivity index (χ1n) is 12.3. The minimum atomic E-state index is -0.748. The van der Waals surface area contributed by atoms with E-state index in [9.17, 15) is 19.5 Å². The molecule has 7 heteroatoms. The van der Waals surface area contributed by atoms with Crippen LogP contribution in [0.5, 0.6) is 0 Å². The normalized spacial score (nSPS) is 22.6. The number of alkyl carbamates (subject to hydrolysis) is 1. The largest absolute Gasteiger partial charge is 0.481 e. The van der Waals surface area contributed by atoms with Gasteiger partial charge in [0.05, 0.1) is 5.92 Å². The van der Waals surface area contributed by atoms with Gasteiger partial charge in [-0.25, -0.2) is 4.79 Å². The number of amides is 2. The van der Waals surface area contributed by atoms with Crippen LogP contribution >= 0.6 is 0 Å². The van der Waals surface area contributed by atoms with Crippen molar-refractivity contribution in [3.63, 3.8) is 0 Å². The standard InChI is InChI=1S/C28H32N2O5/c1-28(2,13-24(31)30-12-11-21-22(14-30)25(21)26(32)33)16-29-27(34)35-15-23-19-9-5-3-7-17(19)18-8-4-6-10-20(18)23/h3-10,21-23,25H,11-16H2,1-2H3,(H,29,34)(H,32,33)/t21-,22+,25?/m0/s1. The lowest BCUT2D eigenvalue weighted by Gasteiger charge is -2.31. The van der Waals surface area contributed by atoms with E-state index in [2.05, 4.69) is 29.6 Å². The highest BCUT2D eigenvalue weighted by Crippen LogP contribution is 2.51. The molecular formula is C28H32N2O5. The van der Waals surface area contributed by atoms with Gasteiger partial charge < -0.3 is 20.1 Å². The SMILES string of the molecule is CC(C)(CNC(=O)OCC1c2ccccc2-c2ccccc21)CC(=O)N1CC[C@@H]2C(C(=O)O)[C@@H]2C1. The van der Waals surface area contributed by atoms with Crippen molar-refractivity contribution in [1.82, 2.24) is 10.2 Å². The molecule has 1 saturated carbocycles. The van der Waals surface area contributed by atoms with Crippen molar-refractivity contribution < 1.29 is 24.2 Å². The molecule has 35 heavy (non-hydrogen) atoms. The number of fused-ring (bicyclic) bond motifs is 4. The predicted molar refractivity (Wildman–Crippen MR) is 131 cm³/mol. The molecule has 5 rings (SSSR count). The molecule has 0 radical (unpaired) electrons. The van der Waals surface area contributed by atoms with Gasteiger partial charge >= 0.3 is 12.1 Å². The molecule has 3 aliphatic rings. The number of rotatable bonds is 7. The molecule has 2 aromatic rings. The zero-order valence-electron chi connectivity index (χ0n) is 20.2. The lowest BCUT2D eigenvalue weighted by atomic mass is 9.88. The van der Waals surface area contributed by atoms with Crippen LogP contribution in [0.2, 0.25) is 0 Å². The van der Waals surface area contributed by atoms with Crippen molar-refractivity contribution in [3.05, 3.63) is 59.7 Å². The number of nitrogens with one attached hydrogen (secondary N) is 1. The molecule has 1 aliphatic heterocycles. The smallest absolute Gasteiger partial charge is 0.407 e. The zero-order chi connectivity index (χ0) is 24.7. The highest BCUT2D eigenvalue weighted by molar-refractivity contribution is 5.80. The summed E-state index contributed by atoms with van der Waals surface area (Å²) >= 11 is 0. The third-order valence-electron chi connectivity index (χ3n) is 7.82. The molecule has 7 nitrogen and oxygen atoms in total. The van der Waals surface area contributed by atoms with Gasteiger partial charge in [0.2, 0.25) is 5.91 Å². The number of carboxylic acids is 1. The third-order valence-corrected chi connectivity index (χ3v) is 7.82. The molecule has 0 aromatic heterocycles. The van der Waals surface area contributed by atoms with Crippen molar-refractivity contribution in [2.24, 2.45) is 23.2 Å². The van der Waals surface area contributed by atoms with Crippen molar-refractivity contribution in [1.29, 1.82) is 0 Å². The quantitative estimate of drug-likeness (QED) is 0.627. The Balaban J connectivity index is 1.11. The van der Waals surface area contributed by atoms with Gasteiger partial charge in [-0.3, -0.25) is 9.59 Å². The summed E-state index contributed by atoms with van der Waals surface area (Å²) in [4.78, 5) is 38.5. The number of nitrogens with zero attached hydrogens (tertiary/aromatic N) is 1. The van der Waals surface area contributed by atoms with E-state index in [0.717, 1.165) is 17.5 Å². The van der Waals surface area contributed by atoms with Gasteiger partial charge in [-0.1, -0.05) is 62.4 Å². The average Bonchev–Trinajstić information content (AvgIpc) is 3.49. The molecule has 3 atom stereocenters. The molecule has 0 bridgehead atoms. The van der Waals surface area contributed by atoms with E-state index < -0.39 is 17.5 Å². The van der Waals surface area contributed by atoms with Gasteiger partial charge in [0.15, 0.2) is 0 Å². The average molecular weight is 477 g/mol. The van der Waals surface area contributed by atoms with Crippen LogP contribution in [0.3, 0.4) is 0 Å². The zero-order valence-corrected chi connectivity index (χ0v) is 20.2. The fourth-order valence-corrected chi connectivity index (χ4v) is 5.88. The maximum absolute atomic E-state index is 12.9. The molecular weight excluding hydrogens is 444 g/mol. The minimum Gasteiger partial charge on any atom is -0.481 e. The summed E-state index contributed by atoms with van der Waals surface area (Å²) in [5.74, 6) is -0.716. The first kappa shape index (κ1) is 23.4. The van der Waals surface area contributed by atoms with Crippen LogP contribution in [0.1, 0.15) is 43.7 Å². The first-order valence-corrected chi connectivity index (χ1v) is 12.3. The van der Waals surface area contributed by atoms with Gasteiger partial charge in [0.25, 0.3) is 0 Å². The number of benzene rings is 2. The Morgan fingerprint density at radius 1 is 1.03 bits per heavy atom. The highest BCUT2D eigenvalue weighted by Gasteiger charge is 2.57. The molecule has 2 aliphatic carbocycles. The highest BCUT2D eigenvalue weighted by atomic mass is 16.5. The summed E-state index contributed by atoms with van der Waals surface area (Å²) in [6, 6.07) is 16.4. The molecule has 2 N–H and O–H groups in total. The maximum Gasteiger partial charge on any atom is 0.407 e. The fraction of sp³-hybridized carbons (Fsp3) is 0.464. The summed E-state index contributed by atoms with van der Waals surface area (Å²) < 4.78 is 5.61. The second kappa shape index (κ2) is 9.02. The molecule has 1 saturated heterocycles. The van der Waals surface area contributed by atoms with Crippen LogP contribution in [0, 0.1) is 23.2 Å². The van der Waals surface area contributed by atoms with E-state index >= 15 is 0 Å². The predicted octanol–water partition coefficient (Wildman–Crippen LogP) is 4.12. The number of ether oxygens (including phenoxy) is 1. The second-order valence-corrected chi connectivity index (χ2v) is 10.8. The van der Waals surface area contributed by atoms with Crippen LogP contribution in [0.25, 0.3) is 11.1 Å². The van der Waals surface area contributed by atoms with Crippen LogP contribution in [0.4, 0.5) is 4.79 Å². The fourth-order valence-electron chi connectivity index (χ4n) is 5.88. The molecule has 1 heterocycles. The van der Waals surface area contributed by atoms with E-state index in [1.54, 1.807) is 4.90 Å². The van der Waals surface area contributed by atoms with E-state index in [4.69, 9.17) is 4.74 Å². The number of likely N-dealkylation sites (tertiary alicyclic amines) is 1. The van der Waals surface area contributed by atoms with E-state index in [0.29, 0.717) is 19.6 Å². The maximum atomic E-state index is 12.9. The summed E-state index contributed by atoms with van der Waals surface area (Å²) in [5, 5.41) is 12.1. The number of carboxylic acid groups (broad SMARTS) is 1. The van der Waals surface area contributed by atoms with Crippen molar-refractivity contribution >= 4 is 18.0 Å². The number of aliphatic carboxylic acids is 1. The first-order chi connectivity index (χ1) is 16.7. The minimum absolute atomic E-state index is 0.00252. The van der Waals surface area contributed by atoms with Crippen LogP contribution in [0.15, 0.2) is 48.5 Å². The molecule has 1 unspecified atom stereocenters. The molecule has 2 amide bonds. The Hall–Kier alpha value is -3.35. The number of piperidine rings is 1. The van der Waals surface area contributed by atoms with Crippen LogP contribution < -0.4 is 5.32 Å². The van der Waals surface area contributed by atoms with Gasteiger partial charge in [-0.05, 0) is 45.9 Å². The lowest BCUT2D eigenvalue weighted by Crippen LogP contribution is -2.42. The Kier molecular flexibility index (Phi) is 6.03. The number of carbonyl (C=O) groups is 3. The molecule has 2 aromatic carbocycles. The van der Waals surface area contributed by atoms with Crippen molar-refractivity contribution in [2.45, 2.75) is 32.6 Å². The topological polar surface area (TPSA) is 95.9 Å². The molecule has 0 spiro atoms. The van der Waals surface area contributed by atoms with Gasteiger partial charge in [0.1, 0.15) is 6.61 Å².